The molecule has 0 radical (unpaired) electrons. The molecule has 1 saturated carbocycles. The van der Waals surface area contributed by atoms with Crippen molar-refractivity contribution in [3.8, 4) is 22.4 Å². The Labute approximate surface area is 156 Å². The Morgan fingerprint density at radius 2 is 1.63 bits per heavy atom. The van der Waals surface area contributed by atoms with Crippen molar-refractivity contribution in [1.29, 1.82) is 0 Å². The van der Waals surface area contributed by atoms with Gasteiger partial charge >= 0.3 is 0 Å². The molecule has 1 aliphatic rings. The van der Waals surface area contributed by atoms with E-state index in [2.05, 4.69) is 51.8 Å². The van der Waals surface area contributed by atoms with Gasteiger partial charge in [0.25, 0.3) is 5.91 Å². The van der Waals surface area contributed by atoms with Crippen LogP contribution in [-0.2, 0) is 0 Å². The SMILES string of the molecule is O=C(NC1CC1)c1cnn2c(-c3ccc(-c4ccccc4)cc3)ccnc12. The lowest BCUT2D eigenvalue weighted by molar-refractivity contribution is 0.0952. The lowest BCUT2D eigenvalue weighted by atomic mass is 10.0. The summed E-state index contributed by atoms with van der Waals surface area (Å²) in [5, 5.41) is 7.42. The van der Waals surface area contributed by atoms with Gasteiger partial charge in [0, 0.05) is 17.8 Å². The number of fused-ring (bicyclic) bond motifs is 1. The van der Waals surface area contributed by atoms with E-state index in [1.54, 1.807) is 16.9 Å². The first-order valence-corrected chi connectivity index (χ1v) is 9.09. The van der Waals surface area contributed by atoms with Crippen LogP contribution in [0, 0.1) is 0 Å². The van der Waals surface area contributed by atoms with Crippen molar-refractivity contribution in [2.24, 2.45) is 0 Å². The Bertz CT molecular complexity index is 1110. The molecule has 132 valence electrons. The summed E-state index contributed by atoms with van der Waals surface area (Å²) < 4.78 is 1.74. The Hall–Kier alpha value is -3.47. The minimum absolute atomic E-state index is 0.100. The maximum atomic E-state index is 12.4. The van der Waals surface area contributed by atoms with E-state index in [1.807, 2.05) is 24.3 Å². The predicted molar refractivity (Wildman–Crippen MR) is 104 cm³/mol. The zero-order chi connectivity index (χ0) is 18.2. The van der Waals surface area contributed by atoms with E-state index in [0.29, 0.717) is 17.3 Å². The first kappa shape index (κ1) is 15.8. The van der Waals surface area contributed by atoms with Gasteiger partial charge in [0.2, 0.25) is 0 Å². The van der Waals surface area contributed by atoms with Crippen molar-refractivity contribution >= 4 is 11.6 Å². The average Bonchev–Trinajstić information content (AvgIpc) is 3.43. The molecular weight excluding hydrogens is 336 g/mol. The summed E-state index contributed by atoms with van der Waals surface area (Å²) in [5.41, 5.74) is 5.38. The second-order valence-electron chi connectivity index (χ2n) is 6.81. The molecule has 1 aliphatic carbocycles. The molecule has 27 heavy (non-hydrogen) atoms. The summed E-state index contributed by atoms with van der Waals surface area (Å²) in [6.45, 7) is 0. The molecule has 5 rings (SSSR count). The third-order valence-electron chi connectivity index (χ3n) is 4.85. The maximum absolute atomic E-state index is 12.4. The van der Waals surface area contributed by atoms with Crippen molar-refractivity contribution in [2.75, 3.05) is 0 Å². The third kappa shape index (κ3) is 2.97. The molecule has 1 fully saturated rings. The summed E-state index contributed by atoms with van der Waals surface area (Å²) in [5.74, 6) is -0.100. The molecule has 1 amide bonds. The van der Waals surface area contributed by atoms with Gasteiger partial charge in [0.1, 0.15) is 5.56 Å². The highest BCUT2D eigenvalue weighted by Gasteiger charge is 2.25. The second-order valence-corrected chi connectivity index (χ2v) is 6.81. The Kier molecular flexibility index (Phi) is 3.71. The second kappa shape index (κ2) is 6.36. The van der Waals surface area contributed by atoms with E-state index in [4.69, 9.17) is 0 Å². The van der Waals surface area contributed by atoms with Gasteiger partial charge in [-0.2, -0.15) is 5.10 Å². The van der Waals surface area contributed by atoms with E-state index in [-0.39, 0.29) is 5.91 Å². The number of carbonyl (C=O) groups excluding carboxylic acids is 1. The van der Waals surface area contributed by atoms with Crippen LogP contribution in [0.5, 0.6) is 0 Å². The Morgan fingerprint density at radius 1 is 0.926 bits per heavy atom. The minimum Gasteiger partial charge on any atom is -0.349 e. The topological polar surface area (TPSA) is 59.3 Å². The molecule has 0 unspecified atom stereocenters. The van der Waals surface area contributed by atoms with Crippen molar-refractivity contribution in [3.63, 3.8) is 0 Å². The van der Waals surface area contributed by atoms with Crippen LogP contribution in [0.1, 0.15) is 23.2 Å². The molecule has 0 bridgehead atoms. The predicted octanol–water partition coefficient (Wildman–Crippen LogP) is 3.96. The normalized spacial score (nSPS) is 13.6. The number of amides is 1. The van der Waals surface area contributed by atoms with E-state index >= 15 is 0 Å². The van der Waals surface area contributed by atoms with Crippen LogP contribution in [0.2, 0.25) is 0 Å². The molecule has 0 saturated heterocycles. The smallest absolute Gasteiger partial charge is 0.256 e. The van der Waals surface area contributed by atoms with Crippen molar-refractivity contribution in [2.45, 2.75) is 18.9 Å². The zero-order valence-corrected chi connectivity index (χ0v) is 14.7. The average molecular weight is 354 g/mol. The highest BCUT2D eigenvalue weighted by molar-refractivity contribution is 6.00. The maximum Gasteiger partial charge on any atom is 0.256 e. The number of nitrogens with one attached hydrogen (secondary N) is 1. The quantitative estimate of drug-likeness (QED) is 0.603. The molecule has 2 aromatic heterocycles. The molecule has 2 heterocycles. The lowest BCUT2D eigenvalue weighted by Crippen LogP contribution is -2.25. The number of carbonyl (C=O) groups is 1. The van der Waals surface area contributed by atoms with Crippen LogP contribution in [0.15, 0.2) is 73.1 Å². The van der Waals surface area contributed by atoms with E-state index in [9.17, 15) is 4.79 Å². The van der Waals surface area contributed by atoms with Crippen LogP contribution >= 0.6 is 0 Å². The Morgan fingerprint density at radius 3 is 2.37 bits per heavy atom. The third-order valence-corrected chi connectivity index (χ3v) is 4.85. The number of hydrogen-bond acceptors (Lipinski definition) is 3. The summed E-state index contributed by atoms with van der Waals surface area (Å²) in [7, 11) is 0. The van der Waals surface area contributed by atoms with E-state index in [1.165, 1.54) is 5.56 Å². The number of nitrogens with zero attached hydrogens (tertiary/aromatic N) is 3. The number of hydrogen-bond donors (Lipinski definition) is 1. The van der Waals surface area contributed by atoms with Crippen LogP contribution < -0.4 is 5.32 Å². The molecule has 4 aromatic rings. The molecule has 5 nitrogen and oxygen atoms in total. The van der Waals surface area contributed by atoms with Gasteiger partial charge in [0.15, 0.2) is 5.65 Å². The molecule has 0 spiro atoms. The first-order valence-electron chi connectivity index (χ1n) is 9.09. The monoisotopic (exact) mass is 354 g/mol. The summed E-state index contributed by atoms with van der Waals surface area (Å²) >= 11 is 0. The molecule has 2 aromatic carbocycles. The van der Waals surface area contributed by atoms with Gasteiger partial charge in [-0.25, -0.2) is 9.50 Å². The van der Waals surface area contributed by atoms with Crippen LogP contribution in [0.3, 0.4) is 0 Å². The number of aromatic nitrogens is 3. The molecule has 1 N–H and O–H groups in total. The molecular formula is C22H18N4O. The fraction of sp³-hybridized carbons (Fsp3) is 0.136. The summed E-state index contributed by atoms with van der Waals surface area (Å²) in [4.78, 5) is 16.8. The summed E-state index contributed by atoms with van der Waals surface area (Å²) in [6.07, 6.45) is 5.43. The molecule has 0 aliphatic heterocycles. The van der Waals surface area contributed by atoms with Gasteiger partial charge < -0.3 is 5.32 Å². The highest BCUT2D eigenvalue weighted by Crippen LogP contribution is 2.26. The minimum atomic E-state index is -0.100. The van der Waals surface area contributed by atoms with Crippen LogP contribution in [-0.4, -0.2) is 26.5 Å². The van der Waals surface area contributed by atoms with Crippen LogP contribution in [0.4, 0.5) is 0 Å². The van der Waals surface area contributed by atoms with Crippen molar-refractivity contribution < 1.29 is 4.79 Å². The number of benzene rings is 2. The molecule has 5 heteroatoms. The van der Waals surface area contributed by atoms with Crippen LogP contribution in [0.25, 0.3) is 28.0 Å². The van der Waals surface area contributed by atoms with Crippen molar-refractivity contribution in [1.82, 2.24) is 19.9 Å². The van der Waals surface area contributed by atoms with Crippen molar-refractivity contribution in [3.05, 3.63) is 78.6 Å². The highest BCUT2D eigenvalue weighted by atomic mass is 16.1. The first-order chi connectivity index (χ1) is 13.3. The fourth-order valence-electron chi connectivity index (χ4n) is 3.23. The summed E-state index contributed by atoms with van der Waals surface area (Å²) in [6, 6.07) is 20.8. The lowest BCUT2D eigenvalue weighted by Gasteiger charge is -2.07. The van der Waals surface area contributed by atoms with Gasteiger partial charge in [-0.1, -0.05) is 54.6 Å². The zero-order valence-electron chi connectivity index (χ0n) is 14.7. The standard InChI is InChI=1S/C22H18N4O/c27-22(25-18-10-11-18)19-14-24-26-20(12-13-23-21(19)26)17-8-6-16(7-9-17)15-4-2-1-3-5-15/h1-9,12-14,18H,10-11H2,(H,25,27). The Balaban J connectivity index is 1.51. The van der Waals surface area contributed by atoms with E-state index < -0.39 is 0 Å². The van der Waals surface area contributed by atoms with Gasteiger partial charge in [-0.3, -0.25) is 4.79 Å². The largest absolute Gasteiger partial charge is 0.349 e. The van der Waals surface area contributed by atoms with Gasteiger partial charge in [-0.05, 0) is 30.0 Å². The number of rotatable bonds is 4. The molecule has 0 atom stereocenters. The van der Waals surface area contributed by atoms with E-state index in [0.717, 1.165) is 29.7 Å². The van der Waals surface area contributed by atoms with Gasteiger partial charge in [0.05, 0.1) is 11.9 Å². The fourth-order valence-corrected chi connectivity index (χ4v) is 3.23. The van der Waals surface area contributed by atoms with Gasteiger partial charge in [-0.15, -0.1) is 0 Å².